The van der Waals surface area contributed by atoms with Crippen molar-refractivity contribution in [1.82, 2.24) is 0 Å². The largest absolute Gasteiger partial charge is 0.0648 e. The number of hydrogen-bond acceptors (Lipinski definition) is 0. The zero-order chi connectivity index (χ0) is 9.14. The minimum atomic E-state index is 0.700. The zero-order valence-electron chi connectivity index (χ0n) is 8.52. The molecule has 0 amide bonds. The fourth-order valence-electron chi connectivity index (χ4n) is 1.60. The third-order valence-corrected chi connectivity index (χ3v) is 2.57. The van der Waals surface area contributed by atoms with Crippen LogP contribution in [0.25, 0.3) is 0 Å². The van der Waals surface area contributed by atoms with Crippen LogP contribution in [-0.4, -0.2) is 0 Å². The molecule has 66 valence electrons. The van der Waals surface area contributed by atoms with E-state index in [9.17, 15) is 0 Å². The minimum Gasteiger partial charge on any atom is -0.0648 e. The van der Waals surface area contributed by atoms with Crippen molar-refractivity contribution < 1.29 is 0 Å². The van der Waals surface area contributed by atoms with Gasteiger partial charge in [-0.05, 0) is 37.3 Å². The van der Waals surface area contributed by atoms with E-state index in [2.05, 4.69) is 45.9 Å². The predicted octanol–water partition coefficient (Wildman–Crippen LogP) is 3.82. The summed E-state index contributed by atoms with van der Waals surface area (Å²) in [5.74, 6) is 0.700. The van der Waals surface area contributed by atoms with Crippen molar-refractivity contribution in [2.45, 2.75) is 40.0 Å². The molecule has 1 atom stereocenters. The Morgan fingerprint density at radius 2 is 1.92 bits per heavy atom. The molecule has 1 aromatic rings. The Labute approximate surface area is 75.6 Å². The van der Waals surface area contributed by atoms with Gasteiger partial charge in [0.15, 0.2) is 0 Å². The highest BCUT2D eigenvalue weighted by molar-refractivity contribution is 5.32. The molecule has 0 nitrogen and oxygen atoms in total. The smallest absolute Gasteiger partial charge is 0.0190 e. The summed E-state index contributed by atoms with van der Waals surface area (Å²) in [4.78, 5) is 0. The molecule has 0 aliphatic rings. The molecule has 0 spiro atoms. The van der Waals surface area contributed by atoms with E-state index in [1.54, 1.807) is 0 Å². The van der Waals surface area contributed by atoms with Crippen molar-refractivity contribution in [3.05, 3.63) is 34.9 Å². The zero-order valence-corrected chi connectivity index (χ0v) is 8.52. The molecule has 0 heterocycles. The lowest BCUT2D eigenvalue weighted by molar-refractivity contribution is 0.728. The monoisotopic (exact) mass is 162 g/mol. The molecule has 0 heteroatoms. The highest BCUT2D eigenvalue weighted by Gasteiger charge is 2.04. The Morgan fingerprint density at radius 1 is 1.25 bits per heavy atom. The van der Waals surface area contributed by atoms with Gasteiger partial charge in [0.2, 0.25) is 0 Å². The Kier molecular flexibility index (Phi) is 2.91. The first-order valence-corrected chi connectivity index (χ1v) is 4.72. The molecular formula is C12H18. The summed E-state index contributed by atoms with van der Waals surface area (Å²) in [5.41, 5.74) is 4.30. The van der Waals surface area contributed by atoms with Gasteiger partial charge < -0.3 is 0 Å². The lowest BCUT2D eigenvalue weighted by atomic mass is 9.93. The van der Waals surface area contributed by atoms with Gasteiger partial charge in [0.25, 0.3) is 0 Å². The number of rotatable bonds is 2. The first-order chi connectivity index (χ1) is 5.65. The number of hydrogen-bond donors (Lipinski definition) is 0. The van der Waals surface area contributed by atoms with Crippen LogP contribution in [0.1, 0.15) is 42.9 Å². The van der Waals surface area contributed by atoms with E-state index in [1.165, 1.54) is 23.1 Å². The molecule has 0 saturated carbocycles. The predicted molar refractivity (Wildman–Crippen MR) is 54.6 cm³/mol. The molecule has 0 aromatic heterocycles. The van der Waals surface area contributed by atoms with E-state index in [0.717, 1.165) is 0 Å². The van der Waals surface area contributed by atoms with Crippen LogP contribution in [0.2, 0.25) is 0 Å². The van der Waals surface area contributed by atoms with E-state index in [0.29, 0.717) is 5.92 Å². The van der Waals surface area contributed by atoms with Crippen LogP contribution in [0.5, 0.6) is 0 Å². The van der Waals surface area contributed by atoms with Crippen LogP contribution in [0.3, 0.4) is 0 Å². The highest BCUT2D eigenvalue weighted by atomic mass is 14.1. The fraction of sp³-hybridized carbons (Fsp3) is 0.500. The van der Waals surface area contributed by atoms with Crippen LogP contribution in [0.4, 0.5) is 0 Å². The number of benzene rings is 1. The third kappa shape index (κ3) is 1.88. The molecule has 0 bridgehead atoms. The van der Waals surface area contributed by atoms with Crippen molar-refractivity contribution >= 4 is 0 Å². The lowest BCUT2D eigenvalue weighted by Gasteiger charge is -2.12. The van der Waals surface area contributed by atoms with Crippen LogP contribution in [-0.2, 0) is 0 Å². The van der Waals surface area contributed by atoms with E-state index in [-0.39, 0.29) is 0 Å². The second kappa shape index (κ2) is 3.75. The van der Waals surface area contributed by atoms with Gasteiger partial charge in [-0.25, -0.2) is 0 Å². The summed E-state index contributed by atoms with van der Waals surface area (Å²) < 4.78 is 0. The third-order valence-electron chi connectivity index (χ3n) is 2.57. The van der Waals surface area contributed by atoms with Gasteiger partial charge in [-0.15, -0.1) is 0 Å². The van der Waals surface area contributed by atoms with Crippen LogP contribution < -0.4 is 0 Å². The summed E-state index contributed by atoms with van der Waals surface area (Å²) in [5, 5.41) is 0. The van der Waals surface area contributed by atoms with Crippen molar-refractivity contribution in [3.63, 3.8) is 0 Å². The molecule has 0 aliphatic carbocycles. The van der Waals surface area contributed by atoms with Gasteiger partial charge in [0, 0.05) is 0 Å². The maximum atomic E-state index is 2.29. The summed E-state index contributed by atoms with van der Waals surface area (Å²) in [6.45, 7) is 8.88. The topological polar surface area (TPSA) is 0 Å². The van der Waals surface area contributed by atoms with Crippen LogP contribution in [0, 0.1) is 13.8 Å². The van der Waals surface area contributed by atoms with E-state index < -0.39 is 0 Å². The molecule has 0 fully saturated rings. The van der Waals surface area contributed by atoms with Crippen molar-refractivity contribution in [3.8, 4) is 0 Å². The van der Waals surface area contributed by atoms with Gasteiger partial charge >= 0.3 is 0 Å². The van der Waals surface area contributed by atoms with Crippen molar-refractivity contribution in [2.24, 2.45) is 0 Å². The average molecular weight is 162 g/mol. The molecule has 0 saturated heterocycles. The first kappa shape index (κ1) is 9.31. The van der Waals surface area contributed by atoms with E-state index in [4.69, 9.17) is 0 Å². The molecule has 1 rings (SSSR count). The van der Waals surface area contributed by atoms with Crippen LogP contribution in [0.15, 0.2) is 18.2 Å². The Balaban J connectivity index is 3.01. The second-order valence-corrected chi connectivity index (χ2v) is 3.67. The molecular weight excluding hydrogens is 144 g/mol. The molecule has 1 unspecified atom stereocenters. The molecule has 0 aliphatic heterocycles. The SMILES string of the molecule is CCC(C)c1ccc(C)cc1C. The second-order valence-electron chi connectivity index (χ2n) is 3.67. The average Bonchev–Trinajstić information content (AvgIpc) is 2.03. The van der Waals surface area contributed by atoms with Gasteiger partial charge in [-0.2, -0.15) is 0 Å². The maximum absolute atomic E-state index is 2.29. The Morgan fingerprint density at radius 3 is 2.42 bits per heavy atom. The molecule has 12 heavy (non-hydrogen) atoms. The van der Waals surface area contributed by atoms with Gasteiger partial charge in [-0.3, -0.25) is 0 Å². The van der Waals surface area contributed by atoms with Crippen molar-refractivity contribution in [2.75, 3.05) is 0 Å². The maximum Gasteiger partial charge on any atom is -0.0190 e. The summed E-state index contributed by atoms with van der Waals surface area (Å²) in [7, 11) is 0. The number of aryl methyl sites for hydroxylation is 2. The molecule has 0 N–H and O–H groups in total. The molecule has 1 aromatic carbocycles. The lowest BCUT2D eigenvalue weighted by Crippen LogP contribution is -1.94. The highest BCUT2D eigenvalue weighted by Crippen LogP contribution is 2.22. The van der Waals surface area contributed by atoms with Crippen molar-refractivity contribution in [1.29, 1.82) is 0 Å². The summed E-state index contributed by atoms with van der Waals surface area (Å²) >= 11 is 0. The Bertz CT molecular complexity index is 261. The van der Waals surface area contributed by atoms with Gasteiger partial charge in [-0.1, -0.05) is 37.6 Å². The van der Waals surface area contributed by atoms with E-state index in [1.807, 2.05) is 0 Å². The Hall–Kier alpha value is -0.780. The van der Waals surface area contributed by atoms with E-state index >= 15 is 0 Å². The fourth-order valence-corrected chi connectivity index (χ4v) is 1.60. The molecule has 0 radical (unpaired) electrons. The minimum absolute atomic E-state index is 0.700. The van der Waals surface area contributed by atoms with Gasteiger partial charge in [0.1, 0.15) is 0 Å². The quantitative estimate of drug-likeness (QED) is 0.620. The normalized spacial score (nSPS) is 13.0. The van der Waals surface area contributed by atoms with Gasteiger partial charge in [0.05, 0.1) is 0 Å². The summed E-state index contributed by atoms with van der Waals surface area (Å²) in [6, 6.07) is 6.73. The first-order valence-electron chi connectivity index (χ1n) is 4.72. The van der Waals surface area contributed by atoms with Crippen LogP contribution >= 0.6 is 0 Å². The standard InChI is InChI=1S/C12H18/c1-5-10(3)12-7-6-9(2)8-11(12)4/h6-8,10H,5H2,1-4H3. The summed E-state index contributed by atoms with van der Waals surface area (Å²) in [6.07, 6.45) is 1.23.